The van der Waals surface area contributed by atoms with E-state index in [1.807, 2.05) is 29.3 Å². The minimum atomic E-state index is 0.0729. The topological polar surface area (TPSA) is 68.4 Å². The number of fused-ring (bicyclic) bond motifs is 1. The minimum Gasteiger partial charge on any atom is -0.335 e. The van der Waals surface area contributed by atoms with Crippen molar-refractivity contribution in [3.05, 3.63) is 47.0 Å². The fourth-order valence-electron chi connectivity index (χ4n) is 3.57. The first kappa shape index (κ1) is 16.2. The van der Waals surface area contributed by atoms with Gasteiger partial charge in [0.15, 0.2) is 5.69 Å². The van der Waals surface area contributed by atoms with E-state index in [-0.39, 0.29) is 5.91 Å². The Balaban J connectivity index is 1.44. The number of carbonyl (C=O) groups excluding carboxylic acids is 1. The molecule has 2 aliphatic rings. The van der Waals surface area contributed by atoms with Crippen LogP contribution in [0, 0.1) is 0 Å². The predicted molar refractivity (Wildman–Crippen MR) is 94.0 cm³/mol. The molecule has 1 saturated heterocycles. The van der Waals surface area contributed by atoms with Crippen LogP contribution < -0.4 is 0 Å². The number of pyridine rings is 1. The first-order valence-electron chi connectivity index (χ1n) is 8.87. The first-order chi connectivity index (χ1) is 12.2. The largest absolute Gasteiger partial charge is 0.335 e. The molecule has 0 radical (unpaired) electrons. The van der Waals surface area contributed by atoms with Gasteiger partial charge in [-0.2, -0.15) is 5.10 Å². The van der Waals surface area contributed by atoms with Crippen LogP contribution in [0.4, 0.5) is 0 Å². The summed E-state index contributed by atoms with van der Waals surface area (Å²) in [6.07, 6.45) is 2.68. The van der Waals surface area contributed by atoms with E-state index >= 15 is 0 Å². The number of aromatic nitrogens is 3. The van der Waals surface area contributed by atoms with Crippen molar-refractivity contribution in [2.45, 2.75) is 19.5 Å². The molecule has 4 heterocycles. The van der Waals surface area contributed by atoms with Gasteiger partial charge in [-0.3, -0.25) is 19.8 Å². The van der Waals surface area contributed by atoms with Gasteiger partial charge in [-0.15, -0.1) is 0 Å². The smallest absolute Gasteiger partial charge is 0.274 e. The summed E-state index contributed by atoms with van der Waals surface area (Å²) in [4.78, 5) is 23.7. The van der Waals surface area contributed by atoms with Gasteiger partial charge in [0, 0.05) is 57.6 Å². The lowest BCUT2D eigenvalue weighted by Gasteiger charge is -2.32. The molecule has 7 nitrogen and oxygen atoms in total. The van der Waals surface area contributed by atoms with Gasteiger partial charge < -0.3 is 9.80 Å². The summed E-state index contributed by atoms with van der Waals surface area (Å²) < 4.78 is 0. The summed E-state index contributed by atoms with van der Waals surface area (Å²) >= 11 is 0. The van der Waals surface area contributed by atoms with Crippen LogP contribution in [0.25, 0.3) is 0 Å². The second-order valence-corrected chi connectivity index (χ2v) is 6.91. The highest BCUT2D eigenvalue weighted by Gasteiger charge is 2.29. The number of carbonyl (C=O) groups is 1. The van der Waals surface area contributed by atoms with Crippen LogP contribution >= 0.6 is 0 Å². The summed E-state index contributed by atoms with van der Waals surface area (Å²) in [5.74, 6) is 0.0729. The minimum absolute atomic E-state index is 0.0729. The number of likely N-dealkylation sites (N-methyl/N-ethyl adjacent to an activating group) is 1. The Bertz CT molecular complexity index is 735. The first-order valence-corrected chi connectivity index (χ1v) is 8.87. The van der Waals surface area contributed by atoms with E-state index in [9.17, 15) is 4.79 Å². The highest BCUT2D eigenvalue weighted by molar-refractivity contribution is 5.94. The summed E-state index contributed by atoms with van der Waals surface area (Å²) in [5, 5.41) is 7.46. The molecule has 1 amide bonds. The number of hydrogen-bond acceptors (Lipinski definition) is 5. The zero-order chi connectivity index (χ0) is 17.2. The molecule has 0 atom stereocenters. The molecule has 2 aromatic rings. The molecular weight excluding hydrogens is 316 g/mol. The third-order valence-corrected chi connectivity index (χ3v) is 5.12. The maximum Gasteiger partial charge on any atom is 0.274 e. The Morgan fingerprint density at radius 3 is 2.80 bits per heavy atom. The molecule has 132 valence electrons. The monoisotopic (exact) mass is 340 g/mol. The normalized spacial score (nSPS) is 19.0. The van der Waals surface area contributed by atoms with E-state index in [1.165, 1.54) is 0 Å². The second kappa shape index (κ2) is 6.93. The van der Waals surface area contributed by atoms with Crippen molar-refractivity contribution < 1.29 is 4.79 Å². The molecule has 0 saturated carbocycles. The molecule has 2 aromatic heterocycles. The van der Waals surface area contributed by atoms with Crippen molar-refractivity contribution >= 4 is 5.91 Å². The predicted octanol–water partition coefficient (Wildman–Crippen LogP) is 0.751. The number of piperazine rings is 1. The van der Waals surface area contributed by atoms with Crippen molar-refractivity contribution in [2.75, 3.05) is 39.8 Å². The quantitative estimate of drug-likeness (QED) is 0.893. The van der Waals surface area contributed by atoms with Crippen LogP contribution in [-0.2, 0) is 19.5 Å². The van der Waals surface area contributed by atoms with E-state index < -0.39 is 0 Å². The Morgan fingerprint density at radius 1 is 1.20 bits per heavy atom. The lowest BCUT2D eigenvalue weighted by Crippen LogP contribution is -2.47. The third kappa shape index (κ3) is 3.43. The maximum absolute atomic E-state index is 12.8. The van der Waals surface area contributed by atoms with Crippen LogP contribution in [-0.4, -0.2) is 75.6 Å². The van der Waals surface area contributed by atoms with Crippen molar-refractivity contribution in [1.29, 1.82) is 0 Å². The molecule has 7 heteroatoms. The number of nitrogens with zero attached hydrogens (tertiary/aromatic N) is 5. The van der Waals surface area contributed by atoms with Crippen LogP contribution in [0.3, 0.4) is 0 Å². The van der Waals surface area contributed by atoms with Crippen molar-refractivity contribution in [3.63, 3.8) is 0 Å². The number of rotatable bonds is 3. The molecule has 1 fully saturated rings. The molecule has 0 aliphatic carbocycles. The van der Waals surface area contributed by atoms with Gasteiger partial charge in [-0.05, 0) is 25.6 Å². The number of hydrogen-bond donors (Lipinski definition) is 1. The Hall–Kier alpha value is -2.25. The molecule has 0 spiro atoms. The van der Waals surface area contributed by atoms with Gasteiger partial charge in [-0.25, -0.2) is 0 Å². The van der Waals surface area contributed by atoms with Gasteiger partial charge in [0.25, 0.3) is 5.91 Å². The van der Waals surface area contributed by atoms with E-state index in [2.05, 4.69) is 32.0 Å². The number of amides is 1. The molecule has 2 aliphatic heterocycles. The van der Waals surface area contributed by atoms with Gasteiger partial charge >= 0.3 is 0 Å². The summed E-state index contributed by atoms with van der Waals surface area (Å²) in [6, 6.07) is 5.99. The van der Waals surface area contributed by atoms with Crippen molar-refractivity contribution in [1.82, 2.24) is 29.9 Å². The van der Waals surface area contributed by atoms with Gasteiger partial charge in [0.2, 0.25) is 0 Å². The number of nitrogens with one attached hydrogen (secondary N) is 1. The average molecular weight is 340 g/mol. The van der Waals surface area contributed by atoms with E-state index in [0.29, 0.717) is 5.69 Å². The molecule has 1 N–H and O–H groups in total. The van der Waals surface area contributed by atoms with Gasteiger partial charge in [0.05, 0.1) is 11.4 Å². The van der Waals surface area contributed by atoms with Crippen molar-refractivity contribution in [3.8, 4) is 0 Å². The summed E-state index contributed by atoms with van der Waals surface area (Å²) in [6.45, 7) is 5.94. The van der Waals surface area contributed by atoms with E-state index in [1.54, 1.807) is 0 Å². The molecule has 0 unspecified atom stereocenters. The molecule has 0 bridgehead atoms. The summed E-state index contributed by atoms with van der Waals surface area (Å²) in [5.41, 5.74) is 3.86. The highest BCUT2D eigenvalue weighted by atomic mass is 16.2. The average Bonchev–Trinajstić information content (AvgIpc) is 3.06. The van der Waals surface area contributed by atoms with Crippen LogP contribution in [0.1, 0.15) is 27.4 Å². The Morgan fingerprint density at radius 2 is 2.04 bits per heavy atom. The Kier molecular flexibility index (Phi) is 4.50. The molecule has 4 rings (SSSR count). The number of aromatic amines is 1. The second-order valence-electron chi connectivity index (χ2n) is 6.91. The fraction of sp³-hybridized carbons (Fsp3) is 0.500. The number of H-pyrrole nitrogens is 1. The van der Waals surface area contributed by atoms with Crippen LogP contribution in [0.2, 0.25) is 0 Å². The summed E-state index contributed by atoms with van der Waals surface area (Å²) in [7, 11) is 2.09. The SMILES string of the molecule is CN1CCN(C(=O)c2n[nH]c3c2CCN(Cc2ccccn2)C3)CC1. The zero-order valence-electron chi connectivity index (χ0n) is 14.6. The van der Waals surface area contributed by atoms with Crippen LogP contribution in [0.5, 0.6) is 0 Å². The van der Waals surface area contributed by atoms with E-state index in [0.717, 1.165) is 69.2 Å². The molecular formula is C18H24N6O. The standard InChI is InChI=1S/C18H24N6O/c1-22-8-10-24(11-9-22)18(25)17-15-5-7-23(13-16(15)20-21-17)12-14-4-2-3-6-19-14/h2-4,6H,5,7-13H2,1H3,(H,20,21). The zero-order valence-corrected chi connectivity index (χ0v) is 14.6. The molecule has 0 aromatic carbocycles. The van der Waals surface area contributed by atoms with E-state index in [4.69, 9.17) is 0 Å². The molecule has 25 heavy (non-hydrogen) atoms. The van der Waals surface area contributed by atoms with Crippen molar-refractivity contribution in [2.24, 2.45) is 0 Å². The third-order valence-electron chi connectivity index (χ3n) is 5.12. The highest BCUT2D eigenvalue weighted by Crippen LogP contribution is 2.22. The van der Waals surface area contributed by atoms with Gasteiger partial charge in [0.1, 0.15) is 0 Å². The Labute approximate surface area is 147 Å². The lowest BCUT2D eigenvalue weighted by molar-refractivity contribution is 0.0656. The maximum atomic E-state index is 12.8. The fourth-order valence-corrected chi connectivity index (χ4v) is 3.57. The lowest BCUT2D eigenvalue weighted by atomic mass is 10.0. The van der Waals surface area contributed by atoms with Gasteiger partial charge in [-0.1, -0.05) is 6.07 Å². The van der Waals surface area contributed by atoms with Crippen LogP contribution in [0.15, 0.2) is 24.4 Å².